The highest BCUT2D eigenvalue weighted by Crippen LogP contribution is 2.45. The average molecular weight is 399 g/mol. The van der Waals surface area contributed by atoms with Crippen molar-refractivity contribution in [2.24, 2.45) is 11.3 Å². The Morgan fingerprint density at radius 1 is 1.43 bits per heavy atom. The molecule has 2 aromatic rings. The number of nitrogens with one attached hydrogen (secondary N) is 2. The van der Waals surface area contributed by atoms with Gasteiger partial charge in [0.1, 0.15) is 17.8 Å². The van der Waals surface area contributed by atoms with Crippen LogP contribution < -0.4 is 9.62 Å². The molecule has 0 amide bonds. The maximum absolute atomic E-state index is 12.7. The van der Waals surface area contributed by atoms with Crippen molar-refractivity contribution in [2.75, 3.05) is 25.0 Å². The molecule has 0 aromatic carbocycles. The lowest BCUT2D eigenvalue weighted by Gasteiger charge is -2.42. The van der Waals surface area contributed by atoms with Crippen LogP contribution in [0.15, 0.2) is 30.7 Å². The van der Waals surface area contributed by atoms with Crippen LogP contribution in [0.25, 0.3) is 11.0 Å². The van der Waals surface area contributed by atoms with Gasteiger partial charge in [-0.05, 0) is 18.9 Å². The van der Waals surface area contributed by atoms with Gasteiger partial charge < -0.3 is 9.88 Å². The summed E-state index contributed by atoms with van der Waals surface area (Å²) in [5, 5.41) is 10.3. The number of aromatic amines is 1. The monoisotopic (exact) mass is 399 g/mol. The highest BCUT2D eigenvalue weighted by molar-refractivity contribution is 7.87. The summed E-state index contributed by atoms with van der Waals surface area (Å²) in [5.74, 6) is 0.853. The van der Waals surface area contributed by atoms with Crippen LogP contribution in [0.3, 0.4) is 0 Å². The van der Waals surface area contributed by atoms with E-state index in [0.29, 0.717) is 19.4 Å². The Labute approximate surface area is 163 Å². The van der Waals surface area contributed by atoms with E-state index in [1.165, 1.54) is 10.6 Å². The molecule has 1 saturated carbocycles. The molecule has 2 aliphatic carbocycles. The minimum absolute atomic E-state index is 0.0101. The van der Waals surface area contributed by atoms with Gasteiger partial charge in [0.15, 0.2) is 0 Å². The van der Waals surface area contributed by atoms with Gasteiger partial charge >= 0.3 is 0 Å². The van der Waals surface area contributed by atoms with Gasteiger partial charge in [0.25, 0.3) is 10.2 Å². The maximum atomic E-state index is 12.7. The Balaban J connectivity index is 1.22. The minimum Gasteiger partial charge on any atom is -0.356 e. The molecule has 3 heterocycles. The molecule has 2 fully saturated rings. The minimum atomic E-state index is -3.59. The van der Waals surface area contributed by atoms with Crippen LogP contribution in [0, 0.1) is 22.7 Å². The Morgan fingerprint density at radius 2 is 2.25 bits per heavy atom. The number of hydrogen-bond acceptors (Lipinski definition) is 6. The third-order valence-electron chi connectivity index (χ3n) is 6.32. The summed E-state index contributed by atoms with van der Waals surface area (Å²) >= 11 is 0. The van der Waals surface area contributed by atoms with E-state index in [0.717, 1.165) is 16.9 Å². The highest BCUT2D eigenvalue weighted by Gasteiger charge is 2.52. The number of nitriles is 1. The van der Waals surface area contributed by atoms with Crippen molar-refractivity contribution >= 4 is 27.1 Å². The molecule has 5 rings (SSSR count). The van der Waals surface area contributed by atoms with Crippen LogP contribution in [0.4, 0.5) is 5.82 Å². The number of rotatable bonds is 5. The molecule has 0 bridgehead atoms. The van der Waals surface area contributed by atoms with Crippen LogP contribution in [0.5, 0.6) is 0 Å². The van der Waals surface area contributed by atoms with Crippen molar-refractivity contribution in [1.29, 1.82) is 5.26 Å². The molecule has 146 valence electrons. The average Bonchev–Trinajstić information content (AvgIpc) is 3.20. The Morgan fingerprint density at radius 3 is 2.93 bits per heavy atom. The first-order chi connectivity index (χ1) is 13.4. The number of aromatic nitrogens is 3. The molecule has 2 N–H and O–H groups in total. The quantitative estimate of drug-likeness (QED) is 0.717. The fourth-order valence-corrected chi connectivity index (χ4v) is 5.87. The van der Waals surface area contributed by atoms with Crippen molar-refractivity contribution < 1.29 is 8.42 Å². The molecule has 28 heavy (non-hydrogen) atoms. The molecule has 1 aliphatic heterocycles. The summed E-state index contributed by atoms with van der Waals surface area (Å²) < 4.78 is 29.7. The number of anilines is 1. The van der Waals surface area contributed by atoms with Crippen LogP contribution in [-0.4, -0.2) is 59.9 Å². The van der Waals surface area contributed by atoms with Gasteiger partial charge in [-0.15, -0.1) is 0 Å². The maximum Gasteiger partial charge on any atom is 0.279 e. The second kappa shape index (κ2) is 6.01. The molecule has 2 aromatic heterocycles. The third-order valence-corrected chi connectivity index (χ3v) is 7.91. The summed E-state index contributed by atoms with van der Waals surface area (Å²) in [4.78, 5) is 13.8. The largest absolute Gasteiger partial charge is 0.356 e. The normalized spacial score (nSPS) is 31.8. The zero-order chi connectivity index (χ0) is 19.5. The molecule has 2 unspecified atom stereocenters. The molecular weight excluding hydrogens is 378 g/mol. The lowest BCUT2D eigenvalue weighted by Crippen LogP contribution is -2.55. The Hall–Kier alpha value is -2.48. The van der Waals surface area contributed by atoms with Crippen molar-refractivity contribution in [1.82, 2.24) is 24.0 Å². The van der Waals surface area contributed by atoms with Crippen LogP contribution in [0.1, 0.15) is 12.8 Å². The molecule has 1 saturated heterocycles. The second-order valence-corrected chi connectivity index (χ2v) is 9.61. The van der Waals surface area contributed by atoms with E-state index in [2.05, 4.69) is 30.6 Å². The fourth-order valence-electron chi connectivity index (χ4n) is 4.37. The topological polar surface area (TPSA) is 118 Å². The van der Waals surface area contributed by atoms with E-state index in [4.69, 9.17) is 0 Å². The molecule has 10 heteroatoms. The predicted octanol–water partition coefficient (Wildman–Crippen LogP) is 0.771. The Bertz CT molecular complexity index is 1100. The first-order valence-electron chi connectivity index (χ1n) is 9.31. The van der Waals surface area contributed by atoms with Crippen molar-refractivity contribution in [3.05, 3.63) is 30.7 Å². The van der Waals surface area contributed by atoms with Gasteiger partial charge in [-0.2, -0.15) is 22.7 Å². The first kappa shape index (κ1) is 17.6. The summed E-state index contributed by atoms with van der Waals surface area (Å²) in [6, 6.07) is 4.32. The summed E-state index contributed by atoms with van der Waals surface area (Å²) in [7, 11) is -1.61. The second-order valence-electron chi connectivity index (χ2n) is 7.90. The van der Waals surface area contributed by atoms with Gasteiger partial charge in [-0.3, -0.25) is 0 Å². The smallest absolute Gasteiger partial charge is 0.279 e. The van der Waals surface area contributed by atoms with Gasteiger partial charge in [-0.25, -0.2) is 9.97 Å². The lowest BCUT2D eigenvalue weighted by molar-refractivity contribution is 0.308. The van der Waals surface area contributed by atoms with Crippen molar-refractivity contribution in [2.45, 2.75) is 24.9 Å². The lowest BCUT2D eigenvalue weighted by atomic mass is 9.71. The predicted molar refractivity (Wildman–Crippen MR) is 103 cm³/mol. The zero-order valence-corrected chi connectivity index (χ0v) is 16.2. The summed E-state index contributed by atoms with van der Waals surface area (Å²) in [6.45, 7) is 0.615. The first-order valence-corrected chi connectivity index (χ1v) is 10.7. The van der Waals surface area contributed by atoms with Gasteiger partial charge in [0.2, 0.25) is 0 Å². The van der Waals surface area contributed by atoms with Gasteiger partial charge in [0, 0.05) is 44.3 Å². The van der Waals surface area contributed by atoms with Crippen LogP contribution in [-0.2, 0) is 10.2 Å². The van der Waals surface area contributed by atoms with E-state index in [9.17, 15) is 13.7 Å². The zero-order valence-electron chi connectivity index (χ0n) is 15.4. The SMILES string of the molecule is CN(c1ncnc2[nH]ccc12)C1CC(NS(=O)(=O)N2CC3C=CC3(C#N)C2)C1. The van der Waals surface area contributed by atoms with Gasteiger partial charge in [-0.1, -0.05) is 12.2 Å². The highest BCUT2D eigenvalue weighted by atomic mass is 32.2. The molecule has 0 spiro atoms. The molecular formula is C18H21N7O2S. The van der Waals surface area contributed by atoms with E-state index in [1.54, 1.807) is 0 Å². The van der Waals surface area contributed by atoms with Crippen LogP contribution in [0.2, 0.25) is 0 Å². The fraction of sp³-hybridized carbons (Fsp3) is 0.500. The number of nitrogens with zero attached hydrogens (tertiary/aromatic N) is 5. The van der Waals surface area contributed by atoms with Crippen molar-refractivity contribution in [3.63, 3.8) is 0 Å². The molecule has 9 nitrogen and oxygen atoms in total. The number of H-pyrrole nitrogens is 1. The summed E-state index contributed by atoms with van der Waals surface area (Å²) in [5.41, 5.74) is 0.156. The van der Waals surface area contributed by atoms with E-state index < -0.39 is 15.6 Å². The number of hydrogen-bond donors (Lipinski definition) is 2. The van der Waals surface area contributed by atoms with Crippen LogP contribution >= 0.6 is 0 Å². The molecule has 0 radical (unpaired) electrons. The van der Waals surface area contributed by atoms with E-state index >= 15 is 0 Å². The van der Waals surface area contributed by atoms with Gasteiger partial charge in [0.05, 0.1) is 16.9 Å². The van der Waals surface area contributed by atoms with E-state index in [-0.39, 0.29) is 24.5 Å². The van der Waals surface area contributed by atoms with Crippen molar-refractivity contribution in [3.8, 4) is 6.07 Å². The standard InChI is InChI=1S/C18H21N7O2S/c1-24(17-15-3-5-20-16(15)21-11-22-17)14-6-13(7-14)23-28(26,27)25-8-12-2-4-18(12,9-19)10-25/h2-5,11-14,23H,6-8,10H2,1H3,(H,20,21,22). The third kappa shape index (κ3) is 2.54. The molecule has 3 aliphatic rings. The summed E-state index contributed by atoms with van der Waals surface area (Å²) in [6.07, 6.45) is 8.54. The molecule has 2 atom stereocenters. The van der Waals surface area contributed by atoms with E-state index in [1.807, 2.05) is 31.5 Å². The Kier molecular flexibility index (Phi) is 3.78. The number of fused-ring (bicyclic) bond motifs is 2.